The van der Waals surface area contributed by atoms with Crippen molar-refractivity contribution in [2.24, 2.45) is 0 Å². The van der Waals surface area contributed by atoms with Crippen LogP contribution in [0.2, 0.25) is 0 Å². The van der Waals surface area contributed by atoms with Crippen LogP contribution in [0, 0.1) is 6.92 Å². The number of ketones is 1. The molecule has 0 spiro atoms. The summed E-state index contributed by atoms with van der Waals surface area (Å²) in [4.78, 5) is 25.3. The molecule has 0 radical (unpaired) electrons. The van der Waals surface area contributed by atoms with Gasteiger partial charge in [0.1, 0.15) is 17.2 Å². The maximum absolute atomic E-state index is 13.1. The van der Waals surface area contributed by atoms with E-state index in [1.807, 2.05) is 24.4 Å². The number of esters is 1. The van der Waals surface area contributed by atoms with Crippen molar-refractivity contribution in [3.05, 3.63) is 83.1 Å². The SMILES string of the molecule is CCn1cc(/C=C2/Oc3c(ccc(OC(=O)c4ccco4)c3C)C2=O)c2cc(OC)ccc21. The predicted molar refractivity (Wildman–Crippen MR) is 122 cm³/mol. The Bertz CT molecular complexity index is 1430. The summed E-state index contributed by atoms with van der Waals surface area (Å²) in [6, 6.07) is 12.2. The highest BCUT2D eigenvalue weighted by atomic mass is 16.5. The van der Waals surface area contributed by atoms with Crippen molar-refractivity contribution in [3.8, 4) is 17.2 Å². The van der Waals surface area contributed by atoms with Crippen molar-refractivity contribution >= 4 is 28.7 Å². The van der Waals surface area contributed by atoms with Gasteiger partial charge in [0.15, 0.2) is 5.76 Å². The number of carbonyl (C=O) groups excluding carboxylic acids is 2. The van der Waals surface area contributed by atoms with Crippen molar-refractivity contribution in [3.63, 3.8) is 0 Å². The standard InChI is InChI=1S/C26H21NO6/c1-4-27-14-16(19-13-17(30-3)7-9-20(19)27)12-23-24(28)18-8-10-21(15(2)25(18)32-23)33-26(29)22-6-5-11-31-22/h5-14H,4H2,1-3H3/b23-12+. The second kappa shape index (κ2) is 8.02. The molecule has 0 aliphatic carbocycles. The Morgan fingerprint density at radius 3 is 2.76 bits per heavy atom. The van der Waals surface area contributed by atoms with E-state index in [4.69, 9.17) is 18.6 Å². The van der Waals surface area contributed by atoms with Crippen LogP contribution in [0.3, 0.4) is 0 Å². The van der Waals surface area contributed by atoms with Crippen LogP contribution < -0.4 is 14.2 Å². The van der Waals surface area contributed by atoms with Crippen LogP contribution in [0.15, 0.2) is 65.1 Å². The van der Waals surface area contributed by atoms with Crippen LogP contribution in [-0.2, 0) is 6.54 Å². The third kappa shape index (κ3) is 3.47. The Kier molecular flexibility index (Phi) is 5.01. The zero-order valence-corrected chi connectivity index (χ0v) is 18.4. The van der Waals surface area contributed by atoms with Crippen LogP contribution in [0.4, 0.5) is 0 Å². The lowest BCUT2D eigenvalue weighted by Gasteiger charge is -2.09. The van der Waals surface area contributed by atoms with Crippen LogP contribution in [0.5, 0.6) is 17.2 Å². The zero-order valence-electron chi connectivity index (χ0n) is 18.4. The summed E-state index contributed by atoms with van der Waals surface area (Å²) < 4.78 is 24.0. The maximum Gasteiger partial charge on any atom is 0.379 e. The molecule has 2 aromatic carbocycles. The molecular weight excluding hydrogens is 422 g/mol. The summed E-state index contributed by atoms with van der Waals surface area (Å²) in [5, 5.41) is 0.959. The minimum absolute atomic E-state index is 0.0928. The quantitative estimate of drug-likeness (QED) is 0.233. The molecule has 0 unspecified atom stereocenters. The van der Waals surface area contributed by atoms with E-state index in [9.17, 15) is 9.59 Å². The van der Waals surface area contributed by atoms with E-state index in [1.165, 1.54) is 12.3 Å². The first-order valence-electron chi connectivity index (χ1n) is 10.5. The maximum atomic E-state index is 13.1. The molecular formula is C26H21NO6. The number of carbonyl (C=O) groups is 2. The van der Waals surface area contributed by atoms with E-state index in [0.717, 1.165) is 28.8 Å². The van der Waals surface area contributed by atoms with E-state index in [1.54, 1.807) is 38.3 Å². The molecule has 7 nitrogen and oxygen atoms in total. The normalized spacial score (nSPS) is 13.9. The van der Waals surface area contributed by atoms with Crippen LogP contribution in [0.1, 0.15) is 39.0 Å². The average Bonchev–Trinajstić information content (AvgIpc) is 3.55. The third-order valence-corrected chi connectivity index (χ3v) is 5.71. The van der Waals surface area contributed by atoms with Gasteiger partial charge in [0.25, 0.3) is 0 Å². The number of methoxy groups -OCH3 is 1. The first kappa shape index (κ1) is 20.6. The van der Waals surface area contributed by atoms with Gasteiger partial charge in [-0.25, -0.2) is 4.79 Å². The summed E-state index contributed by atoms with van der Waals surface area (Å²) >= 11 is 0. The Hall–Kier alpha value is -4.26. The Morgan fingerprint density at radius 1 is 1.18 bits per heavy atom. The topological polar surface area (TPSA) is 79.9 Å². The summed E-state index contributed by atoms with van der Waals surface area (Å²) in [7, 11) is 1.62. The van der Waals surface area contributed by atoms with E-state index >= 15 is 0 Å². The lowest BCUT2D eigenvalue weighted by Crippen LogP contribution is -2.08. The molecule has 166 valence electrons. The number of allylic oxidation sites excluding steroid dienone is 1. The number of rotatable bonds is 5. The van der Waals surface area contributed by atoms with E-state index in [2.05, 4.69) is 11.5 Å². The minimum Gasteiger partial charge on any atom is -0.497 e. The Balaban J connectivity index is 1.50. The number of ether oxygens (including phenoxy) is 3. The monoisotopic (exact) mass is 443 g/mol. The van der Waals surface area contributed by atoms with Crippen LogP contribution >= 0.6 is 0 Å². The molecule has 2 aromatic heterocycles. The third-order valence-electron chi connectivity index (χ3n) is 5.71. The zero-order chi connectivity index (χ0) is 23.1. The largest absolute Gasteiger partial charge is 0.497 e. The number of benzene rings is 2. The first-order chi connectivity index (χ1) is 16.0. The highest BCUT2D eigenvalue weighted by Crippen LogP contribution is 2.40. The number of hydrogen-bond acceptors (Lipinski definition) is 6. The Labute approximate surface area is 189 Å². The molecule has 7 heteroatoms. The number of aromatic nitrogens is 1. The molecule has 4 aromatic rings. The van der Waals surface area contributed by atoms with Crippen LogP contribution in [0.25, 0.3) is 17.0 Å². The molecule has 3 heterocycles. The van der Waals surface area contributed by atoms with Gasteiger partial charge in [-0.2, -0.15) is 0 Å². The van der Waals surface area contributed by atoms with Gasteiger partial charge in [0, 0.05) is 34.8 Å². The van der Waals surface area contributed by atoms with Crippen molar-refractivity contribution in [2.75, 3.05) is 7.11 Å². The lowest BCUT2D eigenvalue weighted by atomic mass is 10.1. The summed E-state index contributed by atoms with van der Waals surface area (Å²) in [5.41, 5.74) is 2.87. The van der Waals surface area contributed by atoms with Gasteiger partial charge >= 0.3 is 5.97 Å². The molecule has 0 fully saturated rings. The first-order valence-corrected chi connectivity index (χ1v) is 10.5. The second-order valence-electron chi connectivity index (χ2n) is 7.63. The molecule has 0 saturated heterocycles. The van der Waals surface area contributed by atoms with Crippen LogP contribution in [-0.4, -0.2) is 23.4 Å². The fourth-order valence-corrected chi connectivity index (χ4v) is 3.97. The molecule has 0 atom stereocenters. The van der Waals surface area contributed by atoms with Gasteiger partial charge in [0.05, 0.1) is 18.9 Å². The molecule has 0 N–H and O–H groups in total. The summed E-state index contributed by atoms with van der Waals surface area (Å²) in [6.45, 7) is 4.58. The van der Waals surface area contributed by atoms with Crippen molar-refractivity contribution in [2.45, 2.75) is 20.4 Å². The fraction of sp³-hybridized carbons (Fsp3) is 0.154. The molecule has 0 bridgehead atoms. The number of nitrogens with zero attached hydrogens (tertiary/aromatic N) is 1. The minimum atomic E-state index is -0.621. The highest BCUT2D eigenvalue weighted by molar-refractivity contribution is 6.15. The van der Waals surface area contributed by atoms with Gasteiger partial charge in [0.2, 0.25) is 11.5 Å². The molecule has 0 amide bonds. The molecule has 1 aliphatic rings. The number of fused-ring (bicyclic) bond motifs is 2. The van der Waals surface area contributed by atoms with Crippen molar-refractivity contribution < 1.29 is 28.2 Å². The second-order valence-corrected chi connectivity index (χ2v) is 7.63. The van der Waals surface area contributed by atoms with Crippen molar-refractivity contribution in [1.29, 1.82) is 0 Å². The Morgan fingerprint density at radius 2 is 2.03 bits per heavy atom. The van der Waals surface area contributed by atoms with Gasteiger partial charge in [-0.1, -0.05) is 0 Å². The van der Waals surface area contributed by atoms with E-state index < -0.39 is 5.97 Å². The fourth-order valence-electron chi connectivity index (χ4n) is 3.97. The molecule has 33 heavy (non-hydrogen) atoms. The van der Waals surface area contributed by atoms with Crippen molar-refractivity contribution in [1.82, 2.24) is 4.57 Å². The smallest absolute Gasteiger partial charge is 0.379 e. The molecule has 5 rings (SSSR count). The van der Waals surface area contributed by atoms with Gasteiger partial charge < -0.3 is 23.2 Å². The van der Waals surface area contributed by atoms with Gasteiger partial charge in [-0.3, -0.25) is 4.79 Å². The van der Waals surface area contributed by atoms with E-state index in [-0.39, 0.29) is 17.3 Å². The number of Topliss-reactive ketones (excluding diaryl/α,β-unsaturated/α-hetero) is 1. The summed E-state index contributed by atoms with van der Waals surface area (Å²) in [6.07, 6.45) is 5.13. The highest BCUT2D eigenvalue weighted by Gasteiger charge is 2.31. The predicted octanol–water partition coefficient (Wildman–Crippen LogP) is 5.41. The lowest BCUT2D eigenvalue weighted by molar-refractivity contribution is 0.0699. The van der Waals surface area contributed by atoms with Gasteiger partial charge in [-0.15, -0.1) is 0 Å². The van der Waals surface area contributed by atoms with Gasteiger partial charge in [-0.05, 0) is 62.4 Å². The molecule has 0 saturated carbocycles. The van der Waals surface area contributed by atoms with E-state index in [0.29, 0.717) is 22.6 Å². The molecule has 1 aliphatic heterocycles. The number of aryl methyl sites for hydroxylation is 1. The summed E-state index contributed by atoms with van der Waals surface area (Å²) in [5.74, 6) is 0.874. The number of hydrogen-bond donors (Lipinski definition) is 0. The number of furan rings is 1. The average molecular weight is 443 g/mol.